The molecule has 1 aliphatic heterocycles. The predicted octanol–water partition coefficient (Wildman–Crippen LogP) is 1.00. The van der Waals surface area contributed by atoms with Crippen molar-refractivity contribution in [2.75, 3.05) is 18.1 Å². The molecule has 0 saturated carbocycles. The Kier molecular flexibility index (Phi) is 3.54. The predicted molar refractivity (Wildman–Crippen MR) is 62.3 cm³/mol. The first kappa shape index (κ1) is 11.1. The fraction of sp³-hybridized carbons (Fsp3) is 0.455. The Bertz CT molecular complexity index is 444. The summed E-state index contributed by atoms with van der Waals surface area (Å²) in [7, 11) is 0. The van der Waals surface area contributed by atoms with E-state index in [0.29, 0.717) is 12.8 Å². The minimum Gasteiger partial charge on any atom is -0.395 e. The third-order valence-electron chi connectivity index (χ3n) is 2.25. The lowest BCUT2D eigenvalue weighted by molar-refractivity contribution is -0.117. The van der Waals surface area contributed by atoms with Gasteiger partial charge in [0.2, 0.25) is 5.91 Å². The molecule has 1 N–H and O–H groups in total. The van der Waals surface area contributed by atoms with Gasteiger partial charge in [0, 0.05) is 19.4 Å². The Labute approximate surface area is 97.9 Å². The van der Waals surface area contributed by atoms with Gasteiger partial charge in [-0.05, 0) is 6.42 Å². The van der Waals surface area contributed by atoms with Crippen molar-refractivity contribution >= 4 is 22.4 Å². The largest absolute Gasteiger partial charge is 0.395 e. The minimum atomic E-state index is 0.0727. The zero-order valence-electron chi connectivity index (χ0n) is 8.77. The van der Waals surface area contributed by atoms with Gasteiger partial charge < -0.3 is 5.11 Å². The van der Waals surface area contributed by atoms with E-state index in [2.05, 4.69) is 16.8 Å². The van der Waals surface area contributed by atoms with E-state index in [1.807, 2.05) is 0 Å². The molecular weight excluding hydrogens is 224 g/mol. The van der Waals surface area contributed by atoms with Crippen molar-refractivity contribution in [1.29, 1.82) is 0 Å². The highest BCUT2D eigenvalue weighted by Gasteiger charge is 2.23. The SMILES string of the molecule is O=C1CCCN1c1ncc(C#CCCO)s1. The van der Waals surface area contributed by atoms with E-state index in [1.54, 1.807) is 11.1 Å². The maximum atomic E-state index is 11.5. The van der Waals surface area contributed by atoms with E-state index >= 15 is 0 Å². The number of aliphatic hydroxyl groups excluding tert-OH is 1. The van der Waals surface area contributed by atoms with Gasteiger partial charge in [0.15, 0.2) is 5.13 Å². The summed E-state index contributed by atoms with van der Waals surface area (Å²) in [5.74, 6) is 5.89. The monoisotopic (exact) mass is 236 g/mol. The average Bonchev–Trinajstić information content (AvgIpc) is 2.87. The molecule has 0 bridgehead atoms. The van der Waals surface area contributed by atoms with Crippen LogP contribution in [0, 0.1) is 11.8 Å². The number of hydrogen-bond donors (Lipinski definition) is 1. The molecule has 0 radical (unpaired) electrons. The van der Waals surface area contributed by atoms with Crippen LogP contribution < -0.4 is 4.90 Å². The first-order valence-electron chi connectivity index (χ1n) is 5.17. The second-order valence-corrected chi connectivity index (χ2v) is 4.44. The van der Waals surface area contributed by atoms with Crippen LogP contribution in [-0.4, -0.2) is 29.1 Å². The molecule has 84 valence electrons. The standard InChI is InChI=1S/C11H12N2O2S/c14-7-2-1-4-9-8-12-11(16-9)13-6-3-5-10(13)15/h8,14H,2-3,5-7H2. The van der Waals surface area contributed by atoms with E-state index < -0.39 is 0 Å². The number of anilines is 1. The van der Waals surface area contributed by atoms with E-state index in [4.69, 9.17) is 5.11 Å². The van der Waals surface area contributed by atoms with Crippen LogP contribution >= 0.6 is 11.3 Å². The number of thiazole rings is 1. The molecule has 1 amide bonds. The van der Waals surface area contributed by atoms with Gasteiger partial charge in [-0.25, -0.2) is 4.98 Å². The van der Waals surface area contributed by atoms with Crippen LogP contribution in [0.5, 0.6) is 0 Å². The number of rotatable bonds is 2. The van der Waals surface area contributed by atoms with Gasteiger partial charge in [0.1, 0.15) is 0 Å². The van der Waals surface area contributed by atoms with Gasteiger partial charge in [-0.1, -0.05) is 23.2 Å². The molecule has 0 aliphatic carbocycles. The van der Waals surface area contributed by atoms with Crippen molar-refractivity contribution in [3.63, 3.8) is 0 Å². The molecule has 5 heteroatoms. The summed E-state index contributed by atoms with van der Waals surface area (Å²) in [6.45, 7) is 0.832. The first-order valence-corrected chi connectivity index (χ1v) is 5.99. The molecular formula is C11H12N2O2S. The molecule has 0 unspecified atom stereocenters. The van der Waals surface area contributed by atoms with E-state index in [0.717, 1.165) is 23.0 Å². The normalized spacial score (nSPS) is 15.1. The number of aliphatic hydroxyl groups is 1. The maximum absolute atomic E-state index is 11.5. The summed E-state index contributed by atoms with van der Waals surface area (Å²) in [5, 5.41) is 9.32. The third-order valence-corrected chi connectivity index (χ3v) is 3.18. The quantitative estimate of drug-likeness (QED) is 0.779. The lowest BCUT2D eigenvalue weighted by Gasteiger charge is -2.09. The Morgan fingerprint density at radius 2 is 2.50 bits per heavy atom. The van der Waals surface area contributed by atoms with Crippen molar-refractivity contribution in [1.82, 2.24) is 4.98 Å². The van der Waals surface area contributed by atoms with E-state index in [1.165, 1.54) is 11.3 Å². The molecule has 2 heterocycles. The fourth-order valence-electron chi connectivity index (χ4n) is 1.50. The van der Waals surface area contributed by atoms with Crippen LogP contribution in [0.15, 0.2) is 6.20 Å². The summed E-state index contributed by atoms with van der Waals surface area (Å²) < 4.78 is 0. The van der Waals surface area contributed by atoms with Crippen molar-refractivity contribution in [3.8, 4) is 11.8 Å². The van der Waals surface area contributed by atoms with Crippen molar-refractivity contribution in [2.45, 2.75) is 19.3 Å². The van der Waals surface area contributed by atoms with Crippen LogP contribution in [0.4, 0.5) is 5.13 Å². The number of hydrogen-bond acceptors (Lipinski definition) is 4. The molecule has 1 aromatic rings. The molecule has 1 fully saturated rings. The highest BCUT2D eigenvalue weighted by Crippen LogP contribution is 2.25. The molecule has 1 saturated heterocycles. The van der Waals surface area contributed by atoms with Gasteiger partial charge in [-0.2, -0.15) is 0 Å². The molecule has 0 spiro atoms. The van der Waals surface area contributed by atoms with Gasteiger partial charge >= 0.3 is 0 Å². The Balaban J connectivity index is 2.08. The number of aromatic nitrogens is 1. The Morgan fingerprint density at radius 3 is 3.19 bits per heavy atom. The topological polar surface area (TPSA) is 53.4 Å². The summed E-state index contributed by atoms with van der Waals surface area (Å²) in [5.41, 5.74) is 0. The molecule has 0 atom stereocenters. The summed E-state index contributed by atoms with van der Waals surface area (Å²) >= 11 is 1.42. The molecule has 2 rings (SSSR count). The van der Waals surface area contributed by atoms with Crippen LogP contribution in [0.2, 0.25) is 0 Å². The number of amides is 1. The summed E-state index contributed by atoms with van der Waals surface area (Å²) in [4.78, 5) is 18.2. The van der Waals surface area contributed by atoms with Crippen molar-refractivity contribution < 1.29 is 9.90 Å². The average molecular weight is 236 g/mol. The van der Waals surface area contributed by atoms with Gasteiger partial charge in [0.25, 0.3) is 0 Å². The highest BCUT2D eigenvalue weighted by molar-refractivity contribution is 7.16. The molecule has 1 aliphatic rings. The van der Waals surface area contributed by atoms with Gasteiger partial charge in [0.05, 0.1) is 17.7 Å². The summed E-state index contributed by atoms with van der Waals surface area (Å²) in [6, 6.07) is 0. The first-order chi connectivity index (χ1) is 7.81. The molecule has 4 nitrogen and oxygen atoms in total. The zero-order chi connectivity index (χ0) is 11.4. The number of nitrogens with zero attached hydrogens (tertiary/aromatic N) is 2. The van der Waals surface area contributed by atoms with Crippen molar-refractivity contribution in [3.05, 3.63) is 11.1 Å². The Morgan fingerprint density at radius 1 is 1.62 bits per heavy atom. The molecule has 1 aromatic heterocycles. The fourth-order valence-corrected chi connectivity index (χ4v) is 2.34. The minimum absolute atomic E-state index is 0.0727. The number of carbonyl (C=O) groups excluding carboxylic acids is 1. The third kappa shape index (κ3) is 2.40. The lowest BCUT2D eigenvalue weighted by Crippen LogP contribution is -2.23. The second-order valence-electron chi connectivity index (χ2n) is 3.43. The van der Waals surface area contributed by atoms with Crippen LogP contribution in [0.25, 0.3) is 0 Å². The molecule has 16 heavy (non-hydrogen) atoms. The number of carbonyl (C=O) groups is 1. The van der Waals surface area contributed by atoms with E-state index in [-0.39, 0.29) is 12.5 Å². The lowest BCUT2D eigenvalue weighted by atomic mass is 10.4. The van der Waals surface area contributed by atoms with Gasteiger partial charge in [-0.3, -0.25) is 9.69 Å². The maximum Gasteiger partial charge on any atom is 0.228 e. The summed E-state index contributed by atoms with van der Waals surface area (Å²) in [6.07, 6.45) is 3.67. The molecule has 0 aromatic carbocycles. The Hall–Kier alpha value is -1.38. The highest BCUT2D eigenvalue weighted by atomic mass is 32.1. The van der Waals surface area contributed by atoms with Crippen LogP contribution in [0.1, 0.15) is 24.1 Å². The van der Waals surface area contributed by atoms with Gasteiger partial charge in [-0.15, -0.1) is 0 Å². The van der Waals surface area contributed by atoms with E-state index in [9.17, 15) is 4.79 Å². The second kappa shape index (κ2) is 5.10. The van der Waals surface area contributed by atoms with Crippen LogP contribution in [-0.2, 0) is 4.79 Å². The van der Waals surface area contributed by atoms with Crippen molar-refractivity contribution in [2.24, 2.45) is 0 Å². The smallest absolute Gasteiger partial charge is 0.228 e. The van der Waals surface area contributed by atoms with Crippen LogP contribution in [0.3, 0.4) is 0 Å². The zero-order valence-corrected chi connectivity index (χ0v) is 9.59.